The molecular formula is C72H52N2. The maximum Gasteiger partial charge on any atom is 0.0540 e. The zero-order valence-corrected chi connectivity index (χ0v) is 40.9. The number of benzene rings is 12. The van der Waals surface area contributed by atoms with Crippen molar-refractivity contribution >= 4 is 34.1 Å². The van der Waals surface area contributed by atoms with Gasteiger partial charge in [0.15, 0.2) is 0 Å². The molecule has 0 fully saturated rings. The minimum atomic E-state index is 1.09. The monoisotopic (exact) mass is 944 g/mol. The van der Waals surface area contributed by atoms with Crippen molar-refractivity contribution in [3.8, 4) is 77.9 Å². The topological polar surface area (TPSA) is 6.48 Å². The van der Waals surface area contributed by atoms with E-state index in [0.29, 0.717) is 0 Å². The summed E-state index contributed by atoms with van der Waals surface area (Å²) in [6.45, 7) is 0. The zero-order chi connectivity index (χ0) is 49.5. The molecule has 0 spiro atoms. The highest BCUT2D eigenvalue weighted by atomic mass is 15.1. The van der Waals surface area contributed by atoms with Crippen LogP contribution in [0.4, 0.5) is 34.1 Å². The first-order valence-corrected chi connectivity index (χ1v) is 25.3. The van der Waals surface area contributed by atoms with E-state index in [0.717, 1.165) is 56.4 Å². The molecule has 0 unspecified atom stereocenters. The average molecular weight is 945 g/mol. The van der Waals surface area contributed by atoms with Crippen LogP contribution in [-0.2, 0) is 0 Å². The molecule has 12 aromatic carbocycles. The van der Waals surface area contributed by atoms with Gasteiger partial charge in [-0.25, -0.2) is 0 Å². The lowest BCUT2D eigenvalue weighted by molar-refractivity contribution is 1.28. The highest BCUT2D eigenvalue weighted by molar-refractivity contribution is 5.92. The molecule has 2 heteroatoms. The van der Waals surface area contributed by atoms with Gasteiger partial charge >= 0.3 is 0 Å². The molecule has 74 heavy (non-hydrogen) atoms. The van der Waals surface area contributed by atoms with Crippen LogP contribution < -0.4 is 9.80 Å². The van der Waals surface area contributed by atoms with Crippen molar-refractivity contribution in [2.45, 2.75) is 0 Å². The van der Waals surface area contributed by atoms with E-state index in [1.165, 1.54) is 55.6 Å². The van der Waals surface area contributed by atoms with Crippen molar-refractivity contribution in [1.29, 1.82) is 0 Å². The quantitative estimate of drug-likeness (QED) is 0.114. The molecule has 0 radical (unpaired) electrons. The first kappa shape index (κ1) is 45.4. The second kappa shape index (κ2) is 20.9. The van der Waals surface area contributed by atoms with Crippen molar-refractivity contribution in [2.75, 3.05) is 9.80 Å². The lowest BCUT2D eigenvalue weighted by Crippen LogP contribution is -2.11. The van der Waals surface area contributed by atoms with Crippen molar-refractivity contribution in [2.24, 2.45) is 0 Å². The number of rotatable bonds is 13. The summed E-state index contributed by atoms with van der Waals surface area (Å²) in [6.07, 6.45) is 0. The predicted molar refractivity (Wildman–Crippen MR) is 314 cm³/mol. The Morgan fingerprint density at radius 2 is 0.365 bits per heavy atom. The Balaban J connectivity index is 0.820. The predicted octanol–water partition coefficient (Wildman–Crippen LogP) is 20.3. The van der Waals surface area contributed by atoms with Crippen molar-refractivity contribution in [3.63, 3.8) is 0 Å². The third kappa shape index (κ3) is 9.69. The minimum Gasteiger partial charge on any atom is -0.311 e. The Bertz CT molecular complexity index is 3650. The van der Waals surface area contributed by atoms with E-state index in [9.17, 15) is 0 Å². The van der Waals surface area contributed by atoms with Gasteiger partial charge in [0.2, 0.25) is 0 Å². The summed E-state index contributed by atoms with van der Waals surface area (Å²) >= 11 is 0. The molecule has 12 aromatic rings. The first-order chi connectivity index (χ1) is 36.7. The van der Waals surface area contributed by atoms with Gasteiger partial charge in [0.05, 0.1) is 5.69 Å². The fourth-order valence-electron chi connectivity index (χ4n) is 10.0. The second-order valence-corrected chi connectivity index (χ2v) is 18.5. The summed E-state index contributed by atoms with van der Waals surface area (Å²) < 4.78 is 0. The number of anilines is 6. The highest BCUT2D eigenvalue weighted by Gasteiger charge is 2.20. The van der Waals surface area contributed by atoms with E-state index < -0.39 is 0 Å². The van der Waals surface area contributed by atoms with Gasteiger partial charge in [-0.15, -0.1) is 0 Å². The van der Waals surface area contributed by atoms with Crippen LogP contribution in [0.1, 0.15) is 0 Å². The number of hydrogen-bond acceptors (Lipinski definition) is 2. The number of hydrogen-bond donors (Lipinski definition) is 0. The Labute approximate surface area is 435 Å². The second-order valence-electron chi connectivity index (χ2n) is 18.5. The van der Waals surface area contributed by atoms with Gasteiger partial charge in [-0.1, -0.05) is 243 Å². The lowest BCUT2D eigenvalue weighted by Gasteiger charge is -2.29. The maximum absolute atomic E-state index is 2.39. The Morgan fingerprint density at radius 1 is 0.149 bits per heavy atom. The molecule has 0 N–H and O–H groups in total. The third-order valence-corrected chi connectivity index (χ3v) is 13.9. The highest BCUT2D eigenvalue weighted by Crippen LogP contribution is 2.44. The fraction of sp³-hybridized carbons (Fsp3) is 0. The van der Waals surface area contributed by atoms with Gasteiger partial charge in [-0.3, -0.25) is 0 Å². The number of nitrogens with zero attached hydrogens (tertiary/aromatic N) is 2. The van der Waals surface area contributed by atoms with Gasteiger partial charge in [-0.05, 0) is 145 Å². The molecule has 0 saturated carbocycles. The van der Waals surface area contributed by atoms with Gasteiger partial charge < -0.3 is 9.80 Å². The van der Waals surface area contributed by atoms with Gasteiger partial charge in [0.25, 0.3) is 0 Å². The summed E-state index contributed by atoms with van der Waals surface area (Å²) in [5.74, 6) is 0. The molecule has 0 atom stereocenters. The van der Waals surface area contributed by atoms with Crippen LogP contribution in [-0.4, -0.2) is 0 Å². The fourth-order valence-corrected chi connectivity index (χ4v) is 10.0. The van der Waals surface area contributed by atoms with Gasteiger partial charge in [0, 0.05) is 34.0 Å². The lowest BCUT2D eigenvalue weighted by atomic mass is 9.94. The van der Waals surface area contributed by atoms with E-state index in [4.69, 9.17) is 0 Å². The summed E-state index contributed by atoms with van der Waals surface area (Å²) in [5, 5.41) is 0. The molecule has 0 saturated heterocycles. The molecule has 0 aliphatic rings. The van der Waals surface area contributed by atoms with Crippen molar-refractivity contribution in [1.82, 2.24) is 0 Å². The van der Waals surface area contributed by atoms with Crippen LogP contribution in [0.2, 0.25) is 0 Å². The smallest absolute Gasteiger partial charge is 0.0540 e. The van der Waals surface area contributed by atoms with E-state index in [1.807, 2.05) is 0 Å². The van der Waals surface area contributed by atoms with Crippen LogP contribution >= 0.6 is 0 Å². The molecule has 0 aromatic heterocycles. The largest absolute Gasteiger partial charge is 0.311 e. The van der Waals surface area contributed by atoms with Crippen molar-refractivity contribution in [3.05, 3.63) is 315 Å². The molecule has 0 amide bonds. The maximum atomic E-state index is 2.39. The van der Waals surface area contributed by atoms with Crippen LogP contribution in [0, 0.1) is 0 Å². The van der Waals surface area contributed by atoms with Crippen LogP contribution in [0.3, 0.4) is 0 Å². The van der Waals surface area contributed by atoms with Crippen LogP contribution in [0.5, 0.6) is 0 Å². The molecule has 0 bridgehead atoms. The van der Waals surface area contributed by atoms with E-state index in [1.54, 1.807) is 0 Å². The average Bonchev–Trinajstić information content (AvgIpc) is 3.49. The van der Waals surface area contributed by atoms with E-state index in [-0.39, 0.29) is 0 Å². The minimum absolute atomic E-state index is 1.09. The summed E-state index contributed by atoms with van der Waals surface area (Å²) in [4.78, 5) is 4.71. The third-order valence-electron chi connectivity index (χ3n) is 13.9. The van der Waals surface area contributed by atoms with Gasteiger partial charge in [-0.2, -0.15) is 0 Å². The normalized spacial score (nSPS) is 11.0. The van der Waals surface area contributed by atoms with E-state index in [2.05, 4.69) is 325 Å². The Morgan fingerprint density at radius 3 is 0.689 bits per heavy atom. The summed E-state index contributed by atoms with van der Waals surface area (Å²) in [5.41, 5.74) is 23.1. The SMILES string of the molecule is c1ccc(-c2ccc(N(c3ccccc3)c3ccc(-c4ccc(-c5ccc(-c6ccc(N(c7ccc(-c8ccccc8)cc7)c7ccc(-c8ccccc8)cc7)c(-c7ccccc7)c6)cc5)cc4)cc3)cc2)cc1. The zero-order valence-electron chi connectivity index (χ0n) is 40.9. The molecule has 2 nitrogen and oxygen atoms in total. The molecular weight excluding hydrogens is 893 g/mol. The molecule has 12 rings (SSSR count). The number of para-hydroxylation sites is 1. The molecule has 0 aliphatic heterocycles. The van der Waals surface area contributed by atoms with Crippen molar-refractivity contribution < 1.29 is 0 Å². The summed E-state index contributed by atoms with van der Waals surface area (Å²) in [6, 6.07) is 113. The Kier molecular flexibility index (Phi) is 12.8. The summed E-state index contributed by atoms with van der Waals surface area (Å²) in [7, 11) is 0. The molecule has 0 aliphatic carbocycles. The van der Waals surface area contributed by atoms with Gasteiger partial charge in [0.1, 0.15) is 0 Å². The standard InChI is InChI=1S/C72H52N2/c1-6-16-53(17-7-1)59-34-43-67(44-35-59)73(66-24-14-5-15-25-66)68-45-36-62(37-46-68)58-28-26-56(27-29-58)57-30-32-63(33-31-57)65-42-51-72(71(52-65)64-22-12-4-13-23-64)74(69-47-38-60(39-48-69)54-18-8-2-9-19-54)70-49-40-61(41-50-70)55-20-10-3-11-21-55/h1-52H. The Hall–Kier alpha value is -9.76. The molecule has 350 valence electrons. The van der Waals surface area contributed by atoms with Crippen LogP contribution in [0.15, 0.2) is 315 Å². The first-order valence-electron chi connectivity index (χ1n) is 25.3. The molecule has 0 heterocycles. The van der Waals surface area contributed by atoms with Crippen LogP contribution in [0.25, 0.3) is 77.9 Å². The van der Waals surface area contributed by atoms with E-state index >= 15 is 0 Å².